The number of hydrogen-bond donors (Lipinski definition) is 0. The zero-order chi connectivity index (χ0) is 13.4. The Labute approximate surface area is 120 Å². The van der Waals surface area contributed by atoms with E-state index in [9.17, 15) is 0 Å². The highest BCUT2D eigenvalue weighted by Gasteiger charge is 2.31. The summed E-state index contributed by atoms with van der Waals surface area (Å²) in [4.78, 5) is 2.59. The molecule has 4 heteroatoms. The SMILES string of the molecule is Cc1nn(C)c(Cl)c1CN1CCC2CCCCC2C1. The van der Waals surface area contributed by atoms with Gasteiger partial charge in [-0.2, -0.15) is 5.10 Å². The zero-order valence-corrected chi connectivity index (χ0v) is 12.8. The Morgan fingerprint density at radius 2 is 1.95 bits per heavy atom. The molecule has 3 rings (SSSR count). The molecule has 1 aliphatic carbocycles. The van der Waals surface area contributed by atoms with E-state index in [2.05, 4.69) is 16.9 Å². The molecular weight excluding hydrogens is 258 g/mol. The summed E-state index contributed by atoms with van der Waals surface area (Å²) in [5.41, 5.74) is 2.30. The van der Waals surface area contributed by atoms with Crippen molar-refractivity contribution in [3.8, 4) is 0 Å². The van der Waals surface area contributed by atoms with Crippen LogP contribution in [0.1, 0.15) is 43.4 Å². The minimum atomic E-state index is 0.809. The minimum Gasteiger partial charge on any atom is -0.299 e. The Kier molecular flexibility index (Phi) is 3.86. The quantitative estimate of drug-likeness (QED) is 0.828. The first-order valence-electron chi connectivity index (χ1n) is 7.55. The number of rotatable bonds is 2. The highest BCUT2D eigenvalue weighted by Crippen LogP contribution is 2.36. The maximum Gasteiger partial charge on any atom is 0.131 e. The van der Waals surface area contributed by atoms with Crippen LogP contribution in [0.4, 0.5) is 0 Å². The summed E-state index contributed by atoms with van der Waals surface area (Å²) >= 11 is 6.34. The molecule has 0 spiro atoms. The molecule has 0 aromatic carbocycles. The van der Waals surface area contributed by atoms with Gasteiger partial charge in [-0.05, 0) is 38.1 Å². The largest absolute Gasteiger partial charge is 0.299 e. The van der Waals surface area contributed by atoms with Crippen LogP contribution in [0.25, 0.3) is 0 Å². The van der Waals surface area contributed by atoms with E-state index in [4.69, 9.17) is 11.6 Å². The van der Waals surface area contributed by atoms with Crippen LogP contribution in [0.3, 0.4) is 0 Å². The number of hydrogen-bond acceptors (Lipinski definition) is 2. The molecule has 3 nitrogen and oxygen atoms in total. The molecule has 1 aliphatic heterocycles. The molecule has 1 aromatic heterocycles. The molecule has 2 atom stereocenters. The Balaban J connectivity index is 1.67. The summed E-state index contributed by atoms with van der Waals surface area (Å²) in [5.74, 6) is 1.92. The second-order valence-electron chi connectivity index (χ2n) is 6.31. The summed E-state index contributed by atoms with van der Waals surface area (Å²) in [6.07, 6.45) is 7.16. The highest BCUT2D eigenvalue weighted by atomic mass is 35.5. The number of likely N-dealkylation sites (tertiary alicyclic amines) is 1. The van der Waals surface area contributed by atoms with E-state index in [1.54, 1.807) is 4.68 Å². The molecule has 0 amide bonds. The number of halogens is 1. The first kappa shape index (κ1) is 13.4. The van der Waals surface area contributed by atoms with Crippen LogP contribution in [0, 0.1) is 18.8 Å². The first-order chi connectivity index (χ1) is 9.15. The Hall–Kier alpha value is -0.540. The molecule has 0 N–H and O–H groups in total. The fourth-order valence-corrected chi connectivity index (χ4v) is 4.13. The van der Waals surface area contributed by atoms with Gasteiger partial charge in [-0.25, -0.2) is 0 Å². The third kappa shape index (κ3) is 2.68. The third-order valence-electron chi connectivity index (χ3n) is 5.03. The zero-order valence-electron chi connectivity index (χ0n) is 12.0. The lowest BCUT2D eigenvalue weighted by Gasteiger charge is -2.41. The predicted octanol–water partition coefficient (Wildman–Crippen LogP) is 3.39. The number of nitrogens with zero attached hydrogens (tertiary/aromatic N) is 3. The van der Waals surface area contributed by atoms with Crippen LogP contribution in [-0.4, -0.2) is 27.8 Å². The van der Waals surface area contributed by atoms with Crippen LogP contribution < -0.4 is 0 Å². The lowest BCUT2D eigenvalue weighted by Crippen LogP contribution is -2.41. The van der Waals surface area contributed by atoms with E-state index in [1.165, 1.54) is 50.8 Å². The summed E-state index contributed by atoms with van der Waals surface area (Å²) in [6.45, 7) is 5.53. The standard InChI is InChI=1S/C15H24ClN3/c1-11-14(15(16)18(2)17-11)10-19-8-7-12-5-3-4-6-13(12)9-19/h12-13H,3-10H2,1-2H3. The van der Waals surface area contributed by atoms with Crippen LogP contribution >= 0.6 is 11.6 Å². The Bertz CT molecular complexity index is 454. The van der Waals surface area contributed by atoms with Gasteiger partial charge in [-0.15, -0.1) is 0 Å². The lowest BCUT2D eigenvalue weighted by atomic mass is 9.75. The number of piperidine rings is 1. The van der Waals surface area contributed by atoms with E-state index in [1.807, 2.05) is 7.05 Å². The normalized spacial score (nSPS) is 28.4. The lowest BCUT2D eigenvalue weighted by molar-refractivity contribution is 0.0819. The maximum atomic E-state index is 6.34. The van der Waals surface area contributed by atoms with Crippen molar-refractivity contribution >= 4 is 11.6 Å². The molecule has 2 aliphatic rings. The van der Waals surface area contributed by atoms with Crippen molar-refractivity contribution in [3.05, 3.63) is 16.4 Å². The highest BCUT2D eigenvalue weighted by molar-refractivity contribution is 6.30. The van der Waals surface area contributed by atoms with Gasteiger partial charge in [0.05, 0.1) is 5.69 Å². The molecule has 106 valence electrons. The van der Waals surface area contributed by atoms with Gasteiger partial charge in [0.2, 0.25) is 0 Å². The molecule has 1 saturated carbocycles. The monoisotopic (exact) mass is 281 g/mol. The van der Waals surface area contributed by atoms with Crippen LogP contribution in [0.15, 0.2) is 0 Å². The molecule has 2 heterocycles. The smallest absolute Gasteiger partial charge is 0.131 e. The van der Waals surface area contributed by atoms with Crippen LogP contribution in [-0.2, 0) is 13.6 Å². The van der Waals surface area contributed by atoms with Gasteiger partial charge in [0.15, 0.2) is 0 Å². The van der Waals surface area contributed by atoms with Gasteiger partial charge in [-0.3, -0.25) is 9.58 Å². The topological polar surface area (TPSA) is 21.1 Å². The van der Waals surface area contributed by atoms with Crippen molar-refractivity contribution in [1.29, 1.82) is 0 Å². The van der Waals surface area contributed by atoms with E-state index in [-0.39, 0.29) is 0 Å². The van der Waals surface area contributed by atoms with E-state index in [0.717, 1.165) is 29.2 Å². The molecule has 1 aromatic rings. The molecule has 0 radical (unpaired) electrons. The average molecular weight is 282 g/mol. The van der Waals surface area contributed by atoms with E-state index < -0.39 is 0 Å². The Morgan fingerprint density at radius 3 is 2.63 bits per heavy atom. The molecule has 2 fully saturated rings. The van der Waals surface area contributed by atoms with Gasteiger partial charge in [-0.1, -0.05) is 30.9 Å². The Morgan fingerprint density at radius 1 is 1.21 bits per heavy atom. The van der Waals surface area contributed by atoms with E-state index >= 15 is 0 Å². The summed E-state index contributed by atoms with van der Waals surface area (Å²) in [7, 11) is 1.92. The van der Waals surface area contributed by atoms with Gasteiger partial charge in [0.1, 0.15) is 5.15 Å². The minimum absolute atomic E-state index is 0.809. The molecule has 2 unspecified atom stereocenters. The summed E-state index contributed by atoms with van der Waals surface area (Å²) < 4.78 is 1.79. The fraction of sp³-hybridized carbons (Fsp3) is 0.800. The van der Waals surface area contributed by atoms with Gasteiger partial charge in [0, 0.05) is 25.7 Å². The summed E-state index contributed by atoms with van der Waals surface area (Å²) in [6, 6.07) is 0. The van der Waals surface area contributed by atoms with Crippen molar-refractivity contribution in [1.82, 2.24) is 14.7 Å². The van der Waals surface area contributed by atoms with Crippen LogP contribution in [0.5, 0.6) is 0 Å². The second-order valence-corrected chi connectivity index (χ2v) is 6.66. The number of aryl methyl sites for hydroxylation is 2. The van der Waals surface area contributed by atoms with Gasteiger partial charge in [0.25, 0.3) is 0 Å². The van der Waals surface area contributed by atoms with Gasteiger partial charge >= 0.3 is 0 Å². The molecular formula is C15H24ClN3. The van der Waals surface area contributed by atoms with Crippen LogP contribution in [0.2, 0.25) is 5.15 Å². The maximum absolute atomic E-state index is 6.34. The second kappa shape index (κ2) is 5.45. The van der Waals surface area contributed by atoms with Crippen molar-refractivity contribution in [2.75, 3.05) is 13.1 Å². The average Bonchev–Trinajstić information content (AvgIpc) is 2.65. The number of fused-ring (bicyclic) bond motifs is 1. The molecule has 1 saturated heterocycles. The first-order valence-corrected chi connectivity index (χ1v) is 7.93. The predicted molar refractivity (Wildman–Crippen MR) is 78.3 cm³/mol. The number of aromatic nitrogens is 2. The van der Waals surface area contributed by atoms with Crippen molar-refractivity contribution < 1.29 is 0 Å². The van der Waals surface area contributed by atoms with Gasteiger partial charge < -0.3 is 0 Å². The summed E-state index contributed by atoms with van der Waals surface area (Å²) in [5, 5.41) is 5.22. The van der Waals surface area contributed by atoms with Crippen molar-refractivity contribution in [2.24, 2.45) is 18.9 Å². The van der Waals surface area contributed by atoms with Crippen molar-refractivity contribution in [2.45, 2.75) is 45.6 Å². The third-order valence-corrected chi connectivity index (χ3v) is 5.50. The molecule has 0 bridgehead atoms. The van der Waals surface area contributed by atoms with E-state index in [0.29, 0.717) is 0 Å². The molecule has 19 heavy (non-hydrogen) atoms. The fourth-order valence-electron chi connectivity index (χ4n) is 3.90. The van der Waals surface area contributed by atoms with Crippen molar-refractivity contribution in [3.63, 3.8) is 0 Å².